The van der Waals surface area contributed by atoms with Gasteiger partial charge in [-0.2, -0.15) is 0 Å². The lowest BCUT2D eigenvalue weighted by Crippen LogP contribution is -2.46. The minimum absolute atomic E-state index is 0.306. The Morgan fingerprint density at radius 1 is 1.10 bits per heavy atom. The highest BCUT2D eigenvalue weighted by Crippen LogP contribution is 2.39. The van der Waals surface area contributed by atoms with Gasteiger partial charge in [0.1, 0.15) is 0 Å². The van der Waals surface area contributed by atoms with Gasteiger partial charge >= 0.3 is 0 Å². The maximum absolute atomic E-state index is 6.57. The van der Waals surface area contributed by atoms with Crippen molar-refractivity contribution >= 4 is 19.9 Å². The normalized spacial score (nSPS) is 33.6. The molecule has 0 amide bonds. The maximum atomic E-state index is 6.57. The van der Waals surface area contributed by atoms with Gasteiger partial charge < -0.3 is 4.43 Å². The molecule has 2 rings (SSSR count). The molecule has 1 saturated carbocycles. The van der Waals surface area contributed by atoms with Crippen LogP contribution in [0.4, 0.5) is 0 Å². The molecule has 2 aliphatic rings. The fraction of sp³-hybridized carbons (Fsp3) is 1.00. The van der Waals surface area contributed by atoms with E-state index in [1.807, 2.05) is 0 Å². The third-order valence-electron chi connectivity index (χ3n) is 5.56. The largest absolute Gasteiger partial charge is 0.413 e. The first-order valence-corrected chi connectivity index (χ1v) is 11.6. The first-order chi connectivity index (χ1) is 9.21. The number of hydrogen-bond acceptors (Lipinski definition) is 2. The zero-order chi connectivity index (χ0) is 15.0. The molecule has 2 fully saturated rings. The molecular weight excluding hydrogens is 286 g/mol. The van der Waals surface area contributed by atoms with E-state index < -0.39 is 8.32 Å². The van der Waals surface area contributed by atoms with Gasteiger partial charge in [0.05, 0.1) is 6.10 Å². The van der Waals surface area contributed by atoms with Gasteiger partial charge in [-0.3, -0.25) is 4.90 Å². The zero-order valence-electron chi connectivity index (χ0n) is 13.9. The maximum Gasteiger partial charge on any atom is 0.192 e. The van der Waals surface area contributed by atoms with E-state index in [1.165, 1.54) is 38.6 Å². The van der Waals surface area contributed by atoms with E-state index in [9.17, 15) is 0 Å². The molecule has 20 heavy (non-hydrogen) atoms. The molecule has 0 bridgehead atoms. The molecule has 0 radical (unpaired) electrons. The van der Waals surface area contributed by atoms with Crippen molar-refractivity contribution in [2.75, 3.05) is 13.1 Å². The summed E-state index contributed by atoms with van der Waals surface area (Å²) < 4.78 is 6.57. The van der Waals surface area contributed by atoms with E-state index in [-0.39, 0.29) is 0 Å². The molecular formula is C16H32ClNOSi. The Morgan fingerprint density at radius 2 is 1.75 bits per heavy atom. The molecule has 118 valence electrons. The summed E-state index contributed by atoms with van der Waals surface area (Å²) >= 11 is 6.54. The van der Waals surface area contributed by atoms with Crippen molar-refractivity contribution in [2.45, 2.75) is 88.5 Å². The second kappa shape index (κ2) is 6.27. The smallest absolute Gasteiger partial charge is 0.192 e. The number of alkyl halides is 1. The summed E-state index contributed by atoms with van der Waals surface area (Å²) in [4.78, 5) is 2.61. The summed E-state index contributed by atoms with van der Waals surface area (Å²) in [5.74, 6) is 0. The van der Waals surface area contributed by atoms with E-state index in [0.717, 1.165) is 6.54 Å². The highest BCUT2D eigenvalue weighted by atomic mass is 35.5. The number of rotatable bonds is 3. The van der Waals surface area contributed by atoms with Crippen LogP contribution in [-0.4, -0.2) is 43.8 Å². The Morgan fingerprint density at radius 3 is 2.35 bits per heavy atom. The summed E-state index contributed by atoms with van der Waals surface area (Å²) in [5, 5.41) is 0.663. The number of hydrogen-bond donors (Lipinski definition) is 0. The van der Waals surface area contributed by atoms with Crippen LogP contribution in [0, 0.1) is 0 Å². The molecule has 3 atom stereocenters. The monoisotopic (exact) mass is 317 g/mol. The van der Waals surface area contributed by atoms with Crippen LogP contribution in [0.1, 0.15) is 52.9 Å². The summed E-state index contributed by atoms with van der Waals surface area (Å²) in [6.45, 7) is 14.0. The first kappa shape index (κ1) is 16.8. The summed E-state index contributed by atoms with van der Waals surface area (Å²) in [6, 6.07) is 0.596. The minimum atomic E-state index is -1.63. The van der Waals surface area contributed by atoms with Crippen molar-refractivity contribution in [1.29, 1.82) is 0 Å². The lowest BCUT2D eigenvalue weighted by atomic mass is 9.94. The van der Waals surface area contributed by atoms with Crippen LogP contribution in [0.25, 0.3) is 0 Å². The van der Waals surface area contributed by atoms with Gasteiger partial charge in [0.2, 0.25) is 0 Å². The standard InChI is InChI=1S/C16H32ClNOSi/c1-16(2,3)20(4,5)19-13-10-11-18(12-13)15-9-7-6-8-14(15)17/h13-15H,6-12H2,1-5H3/t13-,14+,15?/m1/s1. The molecule has 1 aliphatic carbocycles. The molecule has 0 aromatic rings. The van der Waals surface area contributed by atoms with Crippen LogP contribution in [0.3, 0.4) is 0 Å². The van der Waals surface area contributed by atoms with Crippen molar-refractivity contribution in [1.82, 2.24) is 4.90 Å². The van der Waals surface area contributed by atoms with Gasteiger partial charge in [-0.25, -0.2) is 0 Å². The van der Waals surface area contributed by atoms with Gasteiger partial charge in [0.15, 0.2) is 8.32 Å². The molecule has 1 aliphatic heterocycles. The SMILES string of the molecule is CC(C)(C)[Si](C)(C)O[C@@H]1CCN(C2CCCC[C@@H]2Cl)C1. The minimum Gasteiger partial charge on any atom is -0.413 e. The van der Waals surface area contributed by atoms with Crippen molar-refractivity contribution in [3.05, 3.63) is 0 Å². The second-order valence-corrected chi connectivity index (χ2v) is 13.5. The number of likely N-dealkylation sites (tertiary alicyclic amines) is 1. The molecule has 1 unspecified atom stereocenters. The van der Waals surface area contributed by atoms with Gasteiger partial charge in [-0.05, 0) is 37.4 Å². The molecule has 0 spiro atoms. The number of halogens is 1. The Bertz CT molecular complexity index is 329. The average Bonchev–Trinajstić information content (AvgIpc) is 2.75. The topological polar surface area (TPSA) is 12.5 Å². The molecule has 0 N–H and O–H groups in total. The van der Waals surface area contributed by atoms with E-state index in [2.05, 4.69) is 38.8 Å². The van der Waals surface area contributed by atoms with Gasteiger partial charge in [0.25, 0.3) is 0 Å². The molecule has 2 nitrogen and oxygen atoms in total. The molecule has 0 aromatic carbocycles. The van der Waals surface area contributed by atoms with Crippen LogP contribution in [-0.2, 0) is 4.43 Å². The van der Waals surface area contributed by atoms with Crippen molar-refractivity contribution in [3.8, 4) is 0 Å². The van der Waals surface area contributed by atoms with Crippen molar-refractivity contribution in [3.63, 3.8) is 0 Å². The summed E-state index contributed by atoms with van der Waals surface area (Å²) in [6.07, 6.45) is 6.74. The van der Waals surface area contributed by atoms with Gasteiger partial charge in [0, 0.05) is 24.5 Å². The third-order valence-corrected chi connectivity index (χ3v) is 10.6. The Hall–Kier alpha value is 0.427. The average molecular weight is 318 g/mol. The van der Waals surface area contributed by atoms with Gasteiger partial charge in [-0.1, -0.05) is 33.6 Å². The Labute approximate surface area is 131 Å². The van der Waals surface area contributed by atoms with E-state index in [0.29, 0.717) is 22.6 Å². The lowest BCUT2D eigenvalue weighted by Gasteiger charge is -2.39. The van der Waals surface area contributed by atoms with Crippen molar-refractivity contribution in [2.24, 2.45) is 0 Å². The molecule has 1 saturated heterocycles. The fourth-order valence-corrected chi connectivity index (χ4v) is 5.04. The zero-order valence-corrected chi connectivity index (χ0v) is 15.7. The summed E-state index contributed by atoms with van der Waals surface area (Å²) in [5.41, 5.74) is 0. The second-order valence-electron chi connectivity index (χ2n) is 8.15. The van der Waals surface area contributed by atoms with Crippen LogP contribution in [0.2, 0.25) is 18.1 Å². The van der Waals surface area contributed by atoms with Crippen molar-refractivity contribution < 1.29 is 4.43 Å². The number of nitrogens with zero attached hydrogens (tertiary/aromatic N) is 1. The highest BCUT2D eigenvalue weighted by Gasteiger charge is 2.41. The lowest BCUT2D eigenvalue weighted by molar-refractivity contribution is 0.148. The van der Waals surface area contributed by atoms with E-state index in [1.54, 1.807) is 0 Å². The first-order valence-electron chi connectivity index (χ1n) is 8.27. The summed E-state index contributed by atoms with van der Waals surface area (Å²) in [7, 11) is -1.63. The van der Waals surface area contributed by atoms with Crippen LogP contribution < -0.4 is 0 Å². The predicted octanol–water partition coefficient (Wildman–Crippen LogP) is 4.63. The van der Waals surface area contributed by atoms with Gasteiger partial charge in [-0.15, -0.1) is 11.6 Å². The fourth-order valence-electron chi connectivity index (χ4n) is 3.22. The molecule has 4 heteroatoms. The predicted molar refractivity (Wildman–Crippen MR) is 90.2 cm³/mol. The molecule has 0 aromatic heterocycles. The molecule has 1 heterocycles. The van der Waals surface area contributed by atoms with E-state index in [4.69, 9.17) is 16.0 Å². The highest BCUT2D eigenvalue weighted by molar-refractivity contribution is 6.74. The third kappa shape index (κ3) is 3.79. The van der Waals surface area contributed by atoms with Crippen LogP contribution in [0.5, 0.6) is 0 Å². The Kier molecular flexibility index (Phi) is 5.27. The Balaban J connectivity index is 1.89. The van der Waals surface area contributed by atoms with Crippen LogP contribution >= 0.6 is 11.6 Å². The van der Waals surface area contributed by atoms with Crippen LogP contribution in [0.15, 0.2) is 0 Å². The quantitative estimate of drug-likeness (QED) is 0.555. The van der Waals surface area contributed by atoms with E-state index >= 15 is 0 Å².